The molecule has 1 rings (SSSR count). The van der Waals surface area contributed by atoms with Crippen LogP contribution in [0.15, 0.2) is 29.1 Å². The van der Waals surface area contributed by atoms with Gasteiger partial charge in [-0.3, -0.25) is 9.59 Å². The molecule has 0 fully saturated rings. The lowest BCUT2D eigenvalue weighted by molar-refractivity contribution is -0.134. The van der Waals surface area contributed by atoms with Crippen molar-refractivity contribution in [2.24, 2.45) is 0 Å². The maximum absolute atomic E-state index is 12.2. The molecule has 0 bridgehead atoms. The maximum Gasteiger partial charge on any atom is 0.311 e. The van der Waals surface area contributed by atoms with Crippen LogP contribution in [-0.4, -0.2) is 12.6 Å². The van der Waals surface area contributed by atoms with Gasteiger partial charge >= 0.3 is 5.97 Å². The third kappa shape index (κ3) is 16.4. The first-order chi connectivity index (χ1) is 16.2. The Balaban J connectivity index is 2.20. The largest absolute Gasteiger partial charge is 0.489 e. The predicted molar refractivity (Wildman–Crippen MR) is 138 cm³/mol. The lowest BCUT2D eigenvalue weighted by Gasteiger charge is -2.04. The zero-order valence-corrected chi connectivity index (χ0v) is 21.4. The molecule has 0 unspecified atom stereocenters. The second-order valence-corrected chi connectivity index (χ2v) is 9.17. The molecule has 0 amide bonds. The molecule has 0 radical (unpaired) electrons. The van der Waals surface area contributed by atoms with Gasteiger partial charge < -0.3 is 9.47 Å². The molecular weight excluding hydrogens is 412 g/mol. The van der Waals surface area contributed by atoms with E-state index in [0.29, 0.717) is 24.5 Å². The zero-order valence-electron chi connectivity index (χ0n) is 21.4. The van der Waals surface area contributed by atoms with Crippen LogP contribution in [0, 0.1) is 0 Å². The standard InChI is InChI=1S/C29H48O4/c1-3-5-7-9-11-13-14-16-18-20-29(31)33-26-21-23-27(30)28(24-22-26)32-25-19-17-15-12-10-8-6-4-2/h21-24H,3-20,25H2,1-2H3. The molecule has 0 aliphatic carbocycles. The van der Waals surface area contributed by atoms with Crippen LogP contribution < -0.4 is 14.9 Å². The van der Waals surface area contributed by atoms with E-state index in [4.69, 9.17) is 9.47 Å². The molecule has 0 aliphatic heterocycles. The predicted octanol–water partition coefficient (Wildman–Crippen LogP) is 8.39. The van der Waals surface area contributed by atoms with Crippen LogP contribution in [0.3, 0.4) is 0 Å². The molecule has 0 atom stereocenters. The minimum absolute atomic E-state index is 0.184. The second kappa shape index (κ2) is 20.7. The third-order valence-electron chi connectivity index (χ3n) is 6.01. The van der Waals surface area contributed by atoms with Crippen LogP contribution in [0.4, 0.5) is 0 Å². The lowest BCUT2D eigenvalue weighted by atomic mass is 10.1. The normalized spacial score (nSPS) is 10.8. The van der Waals surface area contributed by atoms with Gasteiger partial charge in [-0.1, -0.05) is 110 Å². The molecule has 0 aromatic heterocycles. The molecule has 1 aromatic carbocycles. The zero-order chi connectivity index (χ0) is 24.0. The number of unbranched alkanes of at least 4 members (excludes halogenated alkanes) is 15. The Labute approximate surface area is 202 Å². The van der Waals surface area contributed by atoms with E-state index in [0.717, 1.165) is 25.7 Å². The molecule has 4 heteroatoms. The first-order valence-electron chi connectivity index (χ1n) is 13.6. The highest BCUT2D eigenvalue weighted by Gasteiger charge is 2.06. The molecule has 4 nitrogen and oxygen atoms in total. The van der Waals surface area contributed by atoms with E-state index in [2.05, 4.69) is 13.8 Å². The van der Waals surface area contributed by atoms with Gasteiger partial charge in [-0.05, 0) is 37.1 Å². The molecule has 1 aromatic rings. The number of carbonyl (C=O) groups is 1. The number of esters is 1. The molecule has 33 heavy (non-hydrogen) atoms. The van der Waals surface area contributed by atoms with Crippen molar-refractivity contribution in [3.05, 3.63) is 34.5 Å². The fourth-order valence-corrected chi connectivity index (χ4v) is 3.90. The van der Waals surface area contributed by atoms with Crippen molar-refractivity contribution >= 4 is 5.97 Å². The number of hydrogen-bond donors (Lipinski definition) is 0. The van der Waals surface area contributed by atoms with Crippen molar-refractivity contribution in [1.29, 1.82) is 0 Å². The molecule has 0 saturated carbocycles. The summed E-state index contributed by atoms with van der Waals surface area (Å²) < 4.78 is 11.1. The van der Waals surface area contributed by atoms with Crippen LogP contribution in [0.2, 0.25) is 0 Å². The van der Waals surface area contributed by atoms with Crippen molar-refractivity contribution in [3.63, 3.8) is 0 Å². The van der Waals surface area contributed by atoms with Gasteiger partial charge in [0, 0.05) is 6.42 Å². The molecule has 0 heterocycles. The SMILES string of the molecule is CCCCCCCCCCCC(=O)Oc1ccc(OCCCCCCCCCC)c(=O)cc1. The van der Waals surface area contributed by atoms with Gasteiger partial charge in [-0.25, -0.2) is 0 Å². The summed E-state index contributed by atoms with van der Waals surface area (Å²) in [5.74, 6) is 0.479. The van der Waals surface area contributed by atoms with Gasteiger partial charge in [0.15, 0.2) is 5.75 Å². The van der Waals surface area contributed by atoms with E-state index >= 15 is 0 Å². The summed E-state index contributed by atoms with van der Waals surface area (Å²) in [5, 5.41) is 0. The Morgan fingerprint density at radius 3 is 1.70 bits per heavy atom. The quantitative estimate of drug-likeness (QED) is 0.136. The van der Waals surface area contributed by atoms with Gasteiger partial charge in [0.1, 0.15) is 5.75 Å². The van der Waals surface area contributed by atoms with E-state index < -0.39 is 0 Å². The van der Waals surface area contributed by atoms with Crippen LogP contribution >= 0.6 is 0 Å². The van der Waals surface area contributed by atoms with Crippen molar-refractivity contribution in [1.82, 2.24) is 0 Å². The first-order valence-corrected chi connectivity index (χ1v) is 13.6. The van der Waals surface area contributed by atoms with E-state index in [9.17, 15) is 9.59 Å². The summed E-state index contributed by atoms with van der Waals surface area (Å²) in [6.45, 7) is 5.01. The van der Waals surface area contributed by atoms with Gasteiger partial charge in [0.25, 0.3) is 0 Å². The van der Waals surface area contributed by atoms with E-state index in [1.54, 1.807) is 18.2 Å². The monoisotopic (exact) mass is 460 g/mol. The van der Waals surface area contributed by atoms with Gasteiger partial charge in [0.05, 0.1) is 6.61 Å². The molecule has 0 N–H and O–H groups in total. The van der Waals surface area contributed by atoms with Crippen molar-refractivity contribution in [3.8, 4) is 11.5 Å². The molecule has 188 valence electrons. The number of hydrogen-bond acceptors (Lipinski definition) is 4. The summed E-state index contributed by atoms with van der Waals surface area (Å²) in [7, 11) is 0. The average Bonchev–Trinajstić information content (AvgIpc) is 2.98. The molecule has 0 spiro atoms. The Hall–Kier alpha value is -1.84. The number of ether oxygens (including phenoxy) is 2. The maximum atomic E-state index is 12.2. The highest BCUT2D eigenvalue weighted by Crippen LogP contribution is 2.15. The Morgan fingerprint density at radius 1 is 0.636 bits per heavy atom. The summed E-state index contributed by atoms with van der Waals surface area (Å²) in [6, 6.07) is 6.25. The minimum Gasteiger partial charge on any atom is -0.489 e. The van der Waals surface area contributed by atoms with Crippen LogP contribution in [-0.2, 0) is 4.79 Å². The minimum atomic E-state index is -0.238. The van der Waals surface area contributed by atoms with E-state index in [1.807, 2.05) is 0 Å². The fraction of sp³-hybridized carbons (Fsp3) is 0.724. The highest BCUT2D eigenvalue weighted by molar-refractivity contribution is 5.72. The third-order valence-corrected chi connectivity index (χ3v) is 6.01. The Morgan fingerprint density at radius 2 is 1.12 bits per heavy atom. The average molecular weight is 461 g/mol. The Bertz CT molecular complexity index is 671. The summed E-state index contributed by atoms with van der Waals surface area (Å²) >= 11 is 0. The summed E-state index contributed by atoms with van der Waals surface area (Å²) in [4.78, 5) is 24.3. The van der Waals surface area contributed by atoms with Gasteiger partial charge in [-0.2, -0.15) is 0 Å². The van der Waals surface area contributed by atoms with Crippen LogP contribution in [0.1, 0.15) is 129 Å². The van der Waals surface area contributed by atoms with Crippen LogP contribution in [0.5, 0.6) is 11.5 Å². The van der Waals surface area contributed by atoms with Gasteiger partial charge in [-0.15, -0.1) is 0 Å². The topological polar surface area (TPSA) is 52.6 Å². The smallest absolute Gasteiger partial charge is 0.311 e. The fourth-order valence-electron chi connectivity index (χ4n) is 3.90. The van der Waals surface area contributed by atoms with Crippen molar-refractivity contribution < 1.29 is 14.3 Å². The molecular formula is C29H48O4. The van der Waals surface area contributed by atoms with E-state index in [-0.39, 0.29) is 11.4 Å². The number of rotatable bonds is 21. The second-order valence-electron chi connectivity index (χ2n) is 9.17. The Kier molecular flexibility index (Phi) is 18.4. The number of carbonyl (C=O) groups excluding carboxylic acids is 1. The van der Waals surface area contributed by atoms with Gasteiger partial charge in [0.2, 0.25) is 5.43 Å². The molecule has 0 saturated heterocycles. The summed E-state index contributed by atoms with van der Waals surface area (Å²) in [6.07, 6.45) is 21.2. The first kappa shape index (κ1) is 29.2. The lowest BCUT2D eigenvalue weighted by Crippen LogP contribution is -2.07. The highest BCUT2D eigenvalue weighted by atomic mass is 16.5. The molecule has 0 aliphatic rings. The van der Waals surface area contributed by atoms with Crippen LogP contribution in [0.25, 0.3) is 0 Å². The van der Waals surface area contributed by atoms with Crippen molar-refractivity contribution in [2.75, 3.05) is 6.61 Å². The van der Waals surface area contributed by atoms with Crippen molar-refractivity contribution in [2.45, 2.75) is 129 Å². The van der Waals surface area contributed by atoms with E-state index in [1.165, 1.54) is 89.5 Å². The summed E-state index contributed by atoms with van der Waals surface area (Å²) in [5.41, 5.74) is -0.184.